The molecule has 0 spiro atoms. The molecule has 2 rings (SSSR count). The first-order chi connectivity index (χ1) is 7.67. The zero-order valence-electron chi connectivity index (χ0n) is 9.21. The molecule has 1 heterocycles. The van der Waals surface area contributed by atoms with Crippen LogP contribution in [0.15, 0.2) is 4.52 Å². The van der Waals surface area contributed by atoms with Crippen LogP contribution in [0.3, 0.4) is 0 Å². The van der Waals surface area contributed by atoms with Crippen LogP contribution in [0, 0.1) is 5.92 Å². The molecule has 3 atom stereocenters. The van der Waals surface area contributed by atoms with Crippen molar-refractivity contribution < 1.29 is 19.2 Å². The highest BCUT2D eigenvalue weighted by molar-refractivity contribution is 5.74. The average Bonchev–Trinajstić information content (AvgIpc) is 2.94. The number of hydrogen-bond acceptors (Lipinski definition) is 5. The first-order valence-corrected chi connectivity index (χ1v) is 5.26. The third-order valence-corrected chi connectivity index (χ3v) is 2.83. The van der Waals surface area contributed by atoms with Gasteiger partial charge in [0.1, 0.15) is 6.10 Å². The largest absolute Gasteiger partial charge is 0.481 e. The van der Waals surface area contributed by atoms with E-state index in [0.29, 0.717) is 18.1 Å². The second-order valence-corrected chi connectivity index (χ2v) is 3.91. The minimum Gasteiger partial charge on any atom is -0.481 e. The van der Waals surface area contributed by atoms with E-state index in [2.05, 4.69) is 10.1 Å². The molecule has 1 aromatic heterocycles. The van der Waals surface area contributed by atoms with Crippen molar-refractivity contribution in [2.24, 2.45) is 5.92 Å². The topological polar surface area (TPSA) is 85.5 Å². The minimum atomic E-state index is -0.802. The number of ether oxygens (including phenoxy) is 1. The Morgan fingerprint density at radius 3 is 3.00 bits per heavy atom. The van der Waals surface area contributed by atoms with Crippen molar-refractivity contribution in [3.8, 4) is 0 Å². The Kier molecular flexibility index (Phi) is 2.91. The van der Waals surface area contributed by atoms with Crippen molar-refractivity contribution in [1.82, 2.24) is 10.1 Å². The van der Waals surface area contributed by atoms with Crippen LogP contribution >= 0.6 is 0 Å². The van der Waals surface area contributed by atoms with Gasteiger partial charge in [0.25, 0.3) is 0 Å². The molecule has 0 bridgehead atoms. The van der Waals surface area contributed by atoms with Gasteiger partial charge in [-0.15, -0.1) is 0 Å². The highest BCUT2D eigenvalue weighted by Crippen LogP contribution is 2.46. The lowest BCUT2D eigenvalue weighted by Crippen LogP contribution is -2.02. The first-order valence-electron chi connectivity index (χ1n) is 5.26. The summed E-state index contributed by atoms with van der Waals surface area (Å²) in [5.41, 5.74) is 0. The zero-order valence-corrected chi connectivity index (χ0v) is 9.21. The first kappa shape index (κ1) is 11.1. The monoisotopic (exact) mass is 226 g/mol. The lowest BCUT2D eigenvalue weighted by molar-refractivity contribution is -0.138. The molecule has 88 valence electrons. The number of aliphatic carboxylic acids is 1. The van der Waals surface area contributed by atoms with Crippen LogP contribution < -0.4 is 0 Å². The molecule has 1 saturated carbocycles. The fraction of sp³-hybridized carbons (Fsp3) is 0.700. The van der Waals surface area contributed by atoms with Crippen LogP contribution in [0.25, 0.3) is 0 Å². The van der Waals surface area contributed by atoms with E-state index in [9.17, 15) is 4.79 Å². The predicted molar refractivity (Wildman–Crippen MR) is 52.8 cm³/mol. The van der Waals surface area contributed by atoms with Gasteiger partial charge in [-0.05, 0) is 12.8 Å². The molecule has 0 aliphatic heterocycles. The molecule has 0 radical (unpaired) electrons. The fourth-order valence-electron chi connectivity index (χ4n) is 1.72. The summed E-state index contributed by atoms with van der Waals surface area (Å²) in [7, 11) is 1.58. The normalized spacial score (nSPS) is 25.4. The van der Waals surface area contributed by atoms with Crippen molar-refractivity contribution in [2.75, 3.05) is 7.11 Å². The van der Waals surface area contributed by atoms with Gasteiger partial charge < -0.3 is 14.4 Å². The maximum absolute atomic E-state index is 10.7. The molecule has 1 N–H and O–H groups in total. The Labute approximate surface area is 92.6 Å². The number of nitrogens with zero attached hydrogens (tertiary/aromatic N) is 2. The van der Waals surface area contributed by atoms with Crippen LogP contribution in [-0.2, 0) is 9.53 Å². The lowest BCUT2D eigenvalue weighted by atomic mass is 10.2. The summed E-state index contributed by atoms with van der Waals surface area (Å²) >= 11 is 0. The summed E-state index contributed by atoms with van der Waals surface area (Å²) in [6, 6.07) is 0. The Morgan fingerprint density at radius 1 is 1.75 bits per heavy atom. The van der Waals surface area contributed by atoms with Gasteiger partial charge in [0.15, 0.2) is 0 Å². The number of carboxylic acids is 1. The highest BCUT2D eigenvalue weighted by Gasteiger charge is 2.48. The van der Waals surface area contributed by atoms with Gasteiger partial charge >= 0.3 is 5.97 Å². The van der Waals surface area contributed by atoms with E-state index in [-0.39, 0.29) is 17.9 Å². The summed E-state index contributed by atoms with van der Waals surface area (Å²) < 4.78 is 10.2. The molecule has 0 amide bonds. The second kappa shape index (κ2) is 4.21. The van der Waals surface area contributed by atoms with Gasteiger partial charge in [0.2, 0.25) is 11.7 Å². The summed E-state index contributed by atoms with van der Waals surface area (Å²) in [6.07, 6.45) is 1.16. The van der Waals surface area contributed by atoms with Crippen LogP contribution in [0.1, 0.15) is 43.5 Å². The highest BCUT2D eigenvalue weighted by atomic mass is 16.5. The molecule has 0 saturated heterocycles. The fourth-order valence-corrected chi connectivity index (χ4v) is 1.72. The van der Waals surface area contributed by atoms with Crippen LogP contribution in [0.4, 0.5) is 0 Å². The Hall–Kier alpha value is -1.43. The predicted octanol–water partition coefficient (Wildman–Crippen LogP) is 1.36. The molecule has 0 aromatic carbocycles. The van der Waals surface area contributed by atoms with E-state index in [1.807, 2.05) is 6.92 Å². The number of rotatable bonds is 5. The van der Waals surface area contributed by atoms with Crippen LogP contribution in [0.2, 0.25) is 0 Å². The third-order valence-electron chi connectivity index (χ3n) is 2.83. The summed E-state index contributed by atoms with van der Waals surface area (Å²) in [4.78, 5) is 14.9. The van der Waals surface area contributed by atoms with E-state index in [1.165, 1.54) is 0 Å². The van der Waals surface area contributed by atoms with Crippen LogP contribution in [0.5, 0.6) is 0 Å². The van der Waals surface area contributed by atoms with Crippen molar-refractivity contribution >= 4 is 5.97 Å². The molecule has 1 aromatic rings. The molecule has 6 heteroatoms. The molecular weight excluding hydrogens is 212 g/mol. The van der Waals surface area contributed by atoms with E-state index in [1.54, 1.807) is 7.11 Å². The van der Waals surface area contributed by atoms with Gasteiger partial charge in [-0.1, -0.05) is 12.1 Å². The number of carbonyl (C=O) groups is 1. The average molecular weight is 226 g/mol. The SMILES string of the molecule is CCC(OC)c1noc(C2CC2C(=O)O)n1. The second-order valence-electron chi connectivity index (χ2n) is 3.91. The van der Waals surface area contributed by atoms with Gasteiger partial charge in [-0.25, -0.2) is 0 Å². The molecular formula is C10H14N2O4. The molecule has 6 nitrogen and oxygen atoms in total. The van der Waals surface area contributed by atoms with Gasteiger partial charge in [-0.3, -0.25) is 4.79 Å². The number of aromatic nitrogens is 2. The van der Waals surface area contributed by atoms with E-state index < -0.39 is 5.97 Å². The Morgan fingerprint density at radius 2 is 2.50 bits per heavy atom. The molecule has 3 unspecified atom stereocenters. The van der Waals surface area contributed by atoms with E-state index in [0.717, 1.165) is 6.42 Å². The molecule has 1 fully saturated rings. The van der Waals surface area contributed by atoms with Gasteiger partial charge in [0.05, 0.1) is 11.8 Å². The lowest BCUT2D eigenvalue weighted by Gasteiger charge is -2.05. The number of carboxylic acid groups (broad SMARTS) is 1. The number of methoxy groups -OCH3 is 1. The third kappa shape index (κ3) is 1.92. The van der Waals surface area contributed by atoms with Crippen molar-refractivity contribution in [3.05, 3.63) is 11.7 Å². The maximum Gasteiger partial charge on any atom is 0.307 e. The Balaban J connectivity index is 2.06. The standard InChI is InChI=1S/C10H14N2O4/c1-3-7(15-2)8-11-9(16-12-8)5-4-6(5)10(13)14/h5-7H,3-4H2,1-2H3,(H,13,14). The number of hydrogen-bond donors (Lipinski definition) is 1. The minimum absolute atomic E-state index is 0.117. The van der Waals surface area contributed by atoms with Gasteiger partial charge in [0, 0.05) is 7.11 Å². The van der Waals surface area contributed by atoms with E-state index in [4.69, 9.17) is 14.4 Å². The van der Waals surface area contributed by atoms with Crippen molar-refractivity contribution in [2.45, 2.75) is 31.8 Å². The Bertz CT molecular complexity index is 386. The summed E-state index contributed by atoms with van der Waals surface area (Å²) in [5.74, 6) is -0.374. The van der Waals surface area contributed by atoms with Crippen molar-refractivity contribution in [1.29, 1.82) is 0 Å². The van der Waals surface area contributed by atoms with E-state index >= 15 is 0 Å². The summed E-state index contributed by atoms with van der Waals surface area (Å²) in [6.45, 7) is 1.96. The molecule has 1 aliphatic rings. The molecule has 16 heavy (non-hydrogen) atoms. The quantitative estimate of drug-likeness (QED) is 0.815. The summed E-state index contributed by atoms with van der Waals surface area (Å²) in [5, 5.41) is 12.6. The zero-order chi connectivity index (χ0) is 11.7. The van der Waals surface area contributed by atoms with Gasteiger partial charge in [-0.2, -0.15) is 4.98 Å². The van der Waals surface area contributed by atoms with Crippen molar-refractivity contribution in [3.63, 3.8) is 0 Å². The maximum atomic E-state index is 10.7. The van der Waals surface area contributed by atoms with Crippen LogP contribution in [-0.4, -0.2) is 28.3 Å². The smallest absolute Gasteiger partial charge is 0.307 e. The molecule has 1 aliphatic carbocycles.